The summed E-state index contributed by atoms with van der Waals surface area (Å²) in [7, 11) is 1.90. The van der Waals surface area contributed by atoms with Crippen molar-refractivity contribution >= 4 is 17.3 Å². The van der Waals surface area contributed by atoms with Gasteiger partial charge >= 0.3 is 0 Å². The molecule has 3 aromatic rings. The highest BCUT2D eigenvalue weighted by molar-refractivity contribution is 5.93. The van der Waals surface area contributed by atoms with Gasteiger partial charge in [0.15, 0.2) is 5.83 Å². The molecule has 0 bridgehead atoms. The Labute approximate surface area is 224 Å². The van der Waals surface area contributed by atoms with Crippen molar-refractivity contribution in [1.82, 2.24) is 19.2 Å². The van der Waals surface area contributed by atoms with Crippen molar-refractivity contribution < 1.29 is 4.39 Å². The predicted octanol–water partition coefficient (Wildman–Crippen LogP) is 7.18. The van der Waals surface area contributed by atoms with Gasteiger partial charge in [-0.25, -0.2) is 9.07 Å². The summed E-state index contributed by atoms with van der Waals surface area (Å²) >= 11 is 0. The van der Waals surface area contributed by atoms with Gasteiger partial charge < -0.3 is 20.9 Å². The van der Waals surface area contributed by atoms with Crippen molar-refractivity contribution in [3.05, 3.63) is 59.8 Å². The van der Waals surface area contributed by atoms with Crippen LogP contribution in [0.4, 0.5) is 10.2 Å². The topological polar surface area (TPSA) is 78.0 Å². The number of nitrogens with zero attached hydrogens (tertiary/aromatic N) is 4. The maximum atomic E-state index is 15.7. The normalized spacial score (nSPS) is 11.4. The van der Waals surface area contributed by atoms with E-state index in [4.69, 9.17) is 16.6 Å². The van der Waals surface area contributed by atoms with Crippen LogP contribution in [0.15, 0.2) is 48.7 Å². The molecule has 4 N–H and O–H groups in total. The highest BCUT2D eigenvalue weighted by Crippen LogP contribution is 2.36. The third-order valence-corrected chi connectivity index (χ3v) is 5.43. The Bertz CT molecular complexity index is 1040. The highest BCUT2D eigenvalue weighted by Gasteiger charge is 2.24. The van der Waals surface area contributed by atoms with Crippen molar-refractivity contribution in [2.45, 2.75) is 73.8 Å². The lowest BCUT2D eigenvalue weighted by molar-refractivity contribution is 0.260. The Morgan fingerprint density at radius 3 is 1.95 bits per heavy atom. The summed E-state index contributed by atoms with van der Waals surface area (Å²) in [6, 6.07) is 12.9. The minimum absolute atomic E-state index is 0.0564. The fourth-order valence-electron chi connectivity index (χ4n) is 3.83. The summed E-state index contributed by atoms with van der Waals surface area (Å²) in [6.45, 7) is 16.3. The van der Waals surface area contributed by atoms with Gasteiger partial charge in [-0.05, 0) is 38.1 Å². The monoisotopic (exact) mass is 512 g/mol. The first-order valence-corrected chi connectivity index (χ1v) is 13.7. The fraction of sp³-hybridized carbons (Fsp3) is 0.500. The first kappa shape index (κ1) is 32.0. The van der Waals surface area contributed by atoms with Gasteiger partial charge in [0, 0.05) is 25.4 Å². The van der Waals surface area contributed by atoms with Crippen LogP contribution < -0.4 is 11.5 Å². The largest absolute Gasteiger partial charge is 0.396 e. The van der Waals surface area contributed by atoms with Crippen molar-refractivity contribution in [3.8, 4) is 11.4 Å². The molecule has 2 heterocycles. The molecule has 2 aromatic heterocycles. The number of benzene rings is 1. The van der Waals surface area contributed by atoms with Gasteiger partial charge in [0.05, 0.1) is 23.5 Å². The highest BCUT2D eigenvalue weighted by atomic mass is 19.1. The first-order valence-electron chi connectivity index (χ1n) is 13.7. The molecule has 0 aliphatic rings. The molecule has 0 radical (unpaired) electrons. The Balaban J connectivity index is 0.00000104. The summed E-state index contributed by atoms with van der Waals surface area (Å²) in [5, 5.41) is 4.72. The van der Waals surface area contributed by atoms with Crippen LogP contribution in [-0.4, -0.2) is 38.9 Å². The van der Waals surface area contributed by atoms with E-state index in [1.54, 1.807) is 16.8 Å². The van der Waals surface area contributed by atoms with Gasteiger partial charge in [-0.2, -0.15) is 5.10 Å². The molecule has 0 amide bonds. The van der Waals surface area contributed by atoms with E-state index < -0.39 is 5.83 Å². The number of halogens is 1. The second kappa shape index (κ2) is 17.4. The molecule has 0 unspecified atom stereocenters. The summed E-state index contributed by atoms with van der Waals surface area (Å²) in [5.41, 5.74) is 14.9. The van der Waals surface area contributed by atoms with Crippen LogP contribution in [0, 0.1) is 0 Å². The average molecular weight is 513 g/mol. The Hall–Kier alpha value is -3.06. The molecule has 6 nitrogen and oxygen atoms in total. The number of hydrogen-bond acceptors (Lipinski definition) is 4. The lowest BCUT2D eigenvalue weighted by Gasteiger charge is -2.21. The second-order valence-electron chi connectivity index (χ2n) is 9.19. The summed E-state index contributed by atoms with van der Waals surface area (Å²) in [6.07, 6.45) is 6.57. The standard InChI is InChI=1S/C24H33FN6.2C3H8/c1-4-13-30(14-5-2)16-17-31-24(27)20(23(28-31)19-12-9-15-29(19)3)21(25)22(26)18-10-7-6-8-11-18;2*1-3-2/h6-12,15H,4-5,13-14,16-17,26-27H2,1-3H3;2*3H2,1-2H3/b22-21+;;. The van der Waals surface area contributed by atoms with E-state index in [0.29, 0.717) is 23.6 Å². The molecular weight excluding hydrogens is 463 g/mol. The SMILES string of the molecule is CCC.CCC.CCCN(CCC)CCn1nc(-c2cccn2C)c(/C(F)=C(\N)c2ccccc2)c1N. The van der Waals surface area contributed by atoms with Crippen molar-refractivity contribution in [2.75, 3.05) is 25.4 Å². The molecule has 7 heteroatoms. The fourth-order valence-corrected chi connectivity index (χ4v) is 3.83. The van der Waals surface area contributed by atoms with E-state index in [1.165, 1.54) is 12.8 Å². The van der Waals surface area contributed by atoms with E-state index in [9.17, 15) is 0 Å². The van der Waals surface area contributed by atoms with Crippen LogP contribution >= 0.6 is 0 Å². The minimum atomic E-state index is -0.551. The Morgan fingerprint density at radius 2 is 1.46 bits per heavy atom. The second-order valence-corrected chi connectivity index (χ2v) is 9.19. The summed E-state index contributed by atoms with van der Waals surface area (Å²) in [4.78, 5) is 2.38. The molecule has 0 spiro atoms. The van der Waals surface area contributed by atoms with Gasteiger partial charge in [0.2, 0.25) is 0 Å². The lowest BCUT2D eigenvalue weighted by atomic mass is 10.1. The third kappa shape index (κ3) is 9.39. The number of nitrogens with two attached hydrogens (primary N) is 2. The van der Waals surface area contributed by atoms with Crippen molar-refractivity contribution in [1.29, 1.82) is 0 Å². The molecule has 0 saturated carbocycles. The van der Waals surface area contributed by atoms with Gasteiger partial charge in [-0.1, -0.05) is 84.7 Å². The smallest absolute Gasteiger partial charge is 0.159 e. The van der Waals surface area contributed by atoms with E-state index in [-0.39, 0.29) is 11.3 Å². The molecule has 1 aromatic carbocycles. The molecule has 206 valence electrons. The van der Waals surface area contributed by atoms with Crippen LogP contribution in [0.3, 0.4) is 0 Å². The summed E-state index contributed by atoms with van der Waals surface area (Å²) in [5.74, 6) is -0.259. The van der Waals surface area contributed by atoms with Crippen molar-refractivity contribution in [2.24, 2.45) is 12.8 Å². The van der Waals surface area contributed by atoms with Gasteiger partial charge in [-0.3, -0.25) is 0 Å². The van der Waals surface area contributed by atoms with Crippen LogP contribution in [0.25, 0.3) is 22.9 Å². The number of aromatic nitrogens is 3. The molecule has 3 rings (SSSR count). The van der Waals surface area contributed by atoms with Crippen molar-refractivity contribution in [3.63, 3.8) is 0 Å². The molecule has 0 atom stereocenters. The van der Waals surface area contributed by atoms with Crippen LogP contribution in [0.5, 0.6) is 0 Å². The molecule has 0 aliphatic heterocycles. The Morgan fingerprint density at radius 1 is 0.892 bits per heavy atom. The Kier molecular flexibility index (Phi) is 15.0. The van der Waals surface area contributed by atoms with Gasteiger partial charge in [0.25, 0.3) is 0 Å². The zero-order chi connectivity index (χ0) is 27.8. The molecule has 37 heavy (non-hydrogen) atoms. The minimum Gasteiger partial charge on any atom is -0.396 e. The number of anilines is 1. The number of nitrogen functional groups attached to an aromatic ring is 1. The van der Waals surface area contributed by atoms with Crippen LogP contribution in [0.1, 0.15) is 78.4 Å². The number of rotatable bonds is 10. The van der Waals surface area contributed by atoms with E-state index in [1.807, 2.05) is 48.1 Å². The van der Waals surface area contributed by atoms with Gasteiger partial charge in [-0.15, -0.1) is 0 Å². The molecule has 0 aliphatic carbocycles. The predicted molar refractivity (Wildman–Crippen MR) is 159 cm³/mol. The average Bonchev–Trinajstić information content (AvgIpc) is 3.45. The zero-order valence-electron chi connectivity index (χ0n) is 24.1. The third-order valence-electron chi connectivity index (χ3n) is 5.43. The maximum Gasteiger partial charge on any atom is 0.159 e. The summed E-state index contributed by atoms with van der Waals surface area (Å²) < 4.78 is 19.3. The maximum absolute atomic E-state index is 15.7. The first-order chi connectivity index (χ1) is 17.8. The van der Waals surface area contributed by atoms with Gasteiger partial charge in [0.1, 0.15) is 11.5 Å². The van der Waals surface area contributed by atoms with E-state index >= 15 is 4.39 Å². The van der Waals surface area contributed by atoms with Crippen LogP contribution in [-0.2, 0) is 13.6 Å². The molecule has 0 saturated heterocycles. The lowest BCUT2D eigenvalue weighted by Crippen LogP contribution is -2.29. The van der Waals surface area contributed by atoms with Crippen LogP contribution in [0.2, 0.25) is 0 Å². The zero-order valence-corrected chi connectivity index (χ0v) is 24.1. The van der Waals surface area contributed by atoms with E-state index in [0.717, 1.165) is 38.2 Å². The number of aryl methyl sites for hydroxylation is 1. The quantitative estimate of drug-likeness (QED) is 0.302. The number of hydrogen-bond donors (Lipinski definition) is 2. The molecular formula is C30H49FN6. The molecule has 0 fully saturated rings. The van der Waals surface area contributed by atoms with E-state index in [2.05, 4.69) is 46.4 Å².